The van der Waals surface area contributed by atoms with Crippen molar-refractivity contribution in [1.29, 1.82) is 0 Å². The molecule has 0 unspecified atom stereocenters. The first-order chi connectivity index (χ1) is 7.38. The Labute approximate surface area is 96.1 Å². The molecule has 2 N–H and O–H groups in total. The summed E-state index contributed by atoms with van der Waals surface area (Å²) in [5.74, 6) is 0. The summed E-state index contributed by atoms with van der Waals surface area (Å²) in [4.78, 5) is 16.8. The number of rotatable bonds is 1. The molecule has 0 saturated heterocycles. The molecule has 16 heavy (non-hydrogen) atoms. The van der Waals surface area contributed by atoms with E-state index in [9.17, 15) is 13.2 Å². The van der Waals surface area contributed by atoms with Gasteiger partial charge in [0.05, 0.1) is 15.8 Å². The number of fused-ring (bicyclic) bond motifs is 1. The molecular formula is C9H8N2O3S2. The lowest BCUT2D eigenvalue weighted by atomic mass is 10.2. The summed E-state index contributed by atoms with van der Waals surface area (Å²) in [6, 6.07) is 4.29. The molecule has 0 aliphatic rings. The van der Waals surface area contributed by atoms with E-state index in [1.165, 1.54) is 18.2 Å². The smallest absolute Gasteiger partial charge is 0.259 e. The van der Waals surface area contributed by atoms with Crippen molar-refractivity contribution in [3.8, 4) is 0 Å². The van der Waals surface area contributed by atoms with Gasteiger partial charge in [-0.15, -0.1) is 0 Å². The number of aromatic amines is 2. The summed E-state index contributed by atoms with van der Waals surface area (Å²) in [5.41, 5.74) is 0.116. The first kappa shape index (κ1) is 11.0. The van der Waals surface area contributed by atoms with E-state index >= 15 is 0 Å². The lowest BCUT2D eigenvalue weighted by Crippen LogP contribution is -2.09. The molecule has 0 amide bonds. The number of aromatic nitrogens is 2. The number of hydrogen-bond acceptors (Lipinski definition) is 4. The van der Waals surface area contributed by atoms with Crippen LogP contribution in [0.3, 0.4) is 0 Å². The molecule has 1 aromatic carbocycles. The van der Waals surface area contributed by atoms with Crippen molar-refractivity contribution in [3.05, 3.63) is 33.3 Å². The Hall–Kier alpha value is -1.47. The average Bonchev–Trinajstić information content (AvgIpc) is 2.15. The molecule has 5 nitrogen and oxygen atoms in total. The van der Waals surface area contributed by atoms with Crippen LogP contribution in [0.4, 0.5) is 0 Å². The molecular weight excluding hydrogens is 248 g/mol. The summed E-state index contributed by atoms with van der Waals surface area (Å²) in [6.45, 7) is 0. The monoisotopic (exact) mass is 256 g/mol. The lowest BCUT2D eigenvalue weighted by molar-refractivity contribution is 0.602. The van der Waals surface area contributed by atoms with Crippen LogP contribution in [0.25, 0.3) is 10.9 Å². The number of sulfone groups is 1. The molecule has 0 saturated carbocycles. The minimum Gasteiger partial charge on any atom is -0.332 e. The zero-order valence-electron chi connectivity index (χ0n) is 8.27. The topological polar surface area (TPSA) is 82.8 Å². The second kappa shape index (κ2) is 3.53. The molecule has 0 bridgehead atoms. The first-order valence-electron chi connectivity index (χ1n) is 4.34. The largest absolute Gasteiger partial charge is 0.332 e. The van der Waals surface area contributed by atoms with Crippen molar-refractivity contribution in [1.82, 2.24) is 9.97 Å². The Morgan fingerprint density at radius 2 is 1.94 bits per heavy atom. The van der Waals surface area contributed by atoms with Gasteiger partial charge in [0, 0.05) is 6.26 Å². The van der Waals surface area contributed by atoms with Crippen molar-refractivity contribution in [2.45, 2.75) is 4.90 Å². The minimum absolute atomic E-state index is 0.107. The molecule has 2 rings (SSSR count). The van der Waals surface area contributed by atoms with Crippen molar-refractivity contribution < 1.29 is 8.42 Å². The Bertz CT molecular complexity index is 771. The van der Waals surface area contributed by atoms with Crippen molar-refractivity contribution >= 4 is 33.0 Å². The van der Waals surface area contributed by atoms with E-state index in [4.69, 9.17) is 12.2 Å². The van der Waals surface area contributed by atoms with Gasteiger partial charge in [0.25, 0.3) is 5.56 Å². The van der Waals surface area contributed by atoms with E-state index in [0.29, 0.717) is 5.52 Å². The highest BCUT2D eigenvalue weighted by molar-refractivity contribution is 7.90. The Morgan fingerprint density at radius 3 is 2.56 bits per heavy atom. The molecule has 84 valence electrons. The molecule has 0 aliphatic carbocycles. The molecule has 0 atom stereocenters. The molecule has 0 spiro atoms. The van der Waals surface area contributed by atoms with Gasteiger partial charge in [-0.1, -0.05) is 0 Å². The van der Waals surface area contributed by atoms with E-state index in [0.717, 1.165) is 6.26 Å². The Balaban J connectivity index is 2.93. The number of nitrogens with one attached hydrogen (secondary N) is 2. The molecule has 7 heteroatoms. The third-order valence-electron chi connectivity index (χ3n) is 2.14. The molecule has 0 radical (unpaired) electrons. The van der Waals surface area contributed by atoms with Crippen LogP contribution in [-0.2, 0) is 9.84 Å². The second-order valence-corrected chi connectivity index (χ2v) is 5.81. The van der Waals surface area contributed by atoms with E-state index in [1.54, 1.807) is 0 Å². The predicted octanol–water partition coefficient (Wildman–Crippen LogP) is 0.989. The molecule has 1 heterocycles. The SMILES string of the molecule is CS(=O)(=O)c1ccc2[nH]c(=S)[nH]c(=O)c2c1. The van der Waals surface area contributed by atoms with Crippen molar-refractivity contribution in [2.75, 3.05) is 6.26 Å². The van der Waals surface area contributed by atoms with Crippen LogP contribution < -0.4 is 5.56 Å². The summed E-state index contributed by atoms with van der Waals surface area (Å²) >= 11 is 4.80. The zero-order chi connectivity index (χ0) is 11.9. The minimum atomic E-state index is -3.31. The van der Waals surface area contributed by atoms with E-state index in [2.05, 4.69) is 9.97 Å². The van der Waals surface area contributed by atoms with Crippen LogP contribution in [0.1, 0.15) is 0 Å². The highest BCUT2D eigenvalue weighted by Gasteiger charge is 2.09. The first-order valence-corrected chi connectivity index (χ1v) is 6.64. The van der Waals surface area contributed by atoms with Gasteiger partial charge in [-0.2, -0.15) is 0 Å². The summed E-state index contributed by atoms with van der Waals surface area (Å²) < 4.78 is 22.8. The van der Waals surface area contributed by atoms with Crippen LogP contribution in [0.15, 0.2) is 27.9 Å². The van der Waals surface area contributed by atoms with Crippen molar-refractivity contribution in [3.63, 3.8) is 0 Å². The van der Waals surface area contributed by atoms with E-state index in [1.807, 2.05) is 0 Å². The summed E-state index contributed by atoms with van der Waals surface area (Å²) in [5, 5.41) is 0.275. The lowest BCUT2D eigenvalue weighted by Gasteiger charge is -2.00. The Morgan fingerprint density at radius 1 is 1.25 bits per heavy atom. The third-order valence-corrected chi connectivity index (χ3v) is 3.45. The quantitative estimate of drug-likeness (QED) is 0.745. The Kier molecular flexibility index (Phi) is 2.43. The van der Waals surface area contributed by atoms with Gasteiger partial charge in [0.15, 0.2) is 14.6 Å². The summed E-state index contributed by atoms with van der Waals surface area (Å²) in [7, 11) is -3.31. The maximum absolute atomic E-state index is 11.5. The third kappa shape index (κ3) is 1.91. The molecule has 1 aromatic heterocycles. The molecule has 0 aliphatic heterocycles. The van der Waals surface area contributed by atoms with Gasteiger partial charge < -0.3 is 4.98 Å². The number of benzene rings is 1. The highest BCUT2D eigenvalue weighted by Crippen LogP contribution is 2.14. The van der Waals surface area contributed by atoms with Crippen LogP contribution in [0.5, 0.6) is 0 Å². The van der Waals surface area contributed by atoms with Gasteiger partial charge in [-0.25, -0.2) is 8.42 Å². The van der Waals surface area contributed by atoms with Crippen LogP contribution in [0, 0.1) is 4.77 Å². The standard InChI is InChI=1S/C9H8N2O3S2/c1-16(13,14)5-2-3-7-6(4-5)8(12)11-9(15)10-7/h2-4H,1H3,(H2,10,11,12,15). The zero-order valence-corrected chi connectivity index (χ0v) is 9.91. The maximum atomic E-state index is 11.5. The van der Waals surface area contributed by atoms with E-state index in [-0.39, 0.29) is 15.1 Å². The molecule has 0 fully saturated rings. The van der Waals surface area contributed by atoms with Crippen LogP contribution in [-0.4, -0.2) is 24.6 Å². The second-order valence-electron chi connectivity index (χ2n) is 3.39. The highest BCUT2D eigenvalue weighted by atomic mass is 32.2. The number of H-pyrrole nitrogens is 2. The molecule has 2 aromatic rings. The van der Waals surface area contributed by atoms with Gasteiger partial charge >= 0.3 is 0 Å². The van der Waals surface area contributed by atoms with Crippen LogP contribution >= 0.6 is 12.2 Å². The normalized spacial score (nSPS) is 11.8. The predicted molar refractivity (Wildman–Crippen MR) is 62.9 cm³/mol. The van der Waals surface area contributed by atoms with Crippen molar-refractivity contribution in [2.24, 2.45) is 0 Å². The van der Waals surface area contributed by atoms with E-state index < -0.39 is 15.4 Å². The maximum Gasteiger partial charge on any atom is 0.259 e. The van der Waals surface area contributed by atoms with Gasteiger partial charge in [-0.05, 0) is 30.4 Å². The van der Waals surface area contributed by atoms with Gasteiger partial charge in [0.1, 0.15) is 0 Å². The van der Waals surface area contributed by atoms with Gasteiger partial charge in [0.2, 0.25) is 0 Å². The van der Waals surface area contributed by atoms with Crippen LogP contribution in [0.2, 0.25) is 0 Å². The average molecular weight is 256 g/mol. The fraction of sp³-hybridized carbons (Fsp3) is 0.111. The van der Waals surface area contributed by atoms with Gasteiger partial charge in [-0.3, -0.25) is 9.78 Å². The summed E-state index contributed by atoms with van der Waals surface area (Å²) in [6.07, 6.45) is 1.09. The number of hydrogen-bond donors (Lipinski definition) is 2. The fourth-order valence-corrected chi connectivity index (χ4v) is 2.22. The fourth-order valence-electron chi connectivity index (χ4n) is 1.37.